The van der Waals surface area contributed by atoms with E-state index in [2.05, 4.69) is 5.32 Å². The molecule has 0 unspecified atom stereocenters. The average molecular weight is 316 g/mol. The van der Waals surface area contributed by atoms with Gasteiger partial charge in [0.1, 0.15) is 11.5 Å². The molecule has 1 amide bonds. The van der Waals surface area contributed by atoms with Gasteiger partial charge in [0.15, 0.2) is 0 Å². The molecule has 0 aliphatic carbocycles. The minimum Gasteiger partial charge on any atom is -0.497 e. The highest BCUT2D eigenvalue weighted by Gasteiger charge is 2.14. The topological polar surface area (TPSA) is 90.7 Å². The number of nitro groups is 1. The zero-order chi connectivity index (χ0) is 17.0. The summed E-state index contributed by atoms with van der Waals surface area (Å²) >= 11 is 0. The molecule has 0 saturated carbocycles. The maximum atomic E-state index is 12.3. The van der Waals surface area contributed by atoms with Crippen LogP contribution in [0.25, 0.3) is 0 Å². The van der Waals surface area contributed by atoms with Crippen LogP contribution in [0.4, 0.5) is 11.4 Å². The molecule has 7 nitrogen and oxygen atoms in total. The lowest BCUT2D eigenvalue weighted by molar-refractivity contribution is -0.385. The molecule has 0 atom stereocenters. The Hall–Kier alpha value is -3.09. The molecule has 7 heteroatoms. The highest BCUT2D eigenvalue weighted by Crippen LogP contribution is 2.26. The first-order valence-electron chi connectivity index (χ1n) is 6.74. The number of amides is 1. The fraction of sp³-hybridized carbons (Fsp3) is 0.188. The van der Waals surface area contributed by atoms with Gasteiger partial charge < -0.3 is 14.8 Å². The fourth-order valence-electron chi connectivity index (χ4n) is 2.08. The van der Waals surface area contributed by atoms with Gasteiger partial charge in [0.25, 0.3) is 11.6 Å². The Morgan fingerprint density at radius 3 is 2.17 bits per heavy atom. The van der Waals surface area contributed by atoms with E-state index in [0.29, 0.717) is 28.3 Å². The SMILES string of the molecule is COc1cc(NC(=O)c2ccc([N+](=O)[O-])c(C)c2)cc(OC)c1. The summed E-state index contributed by atoms with van der Waals surface area (Å²) in [4.78, 5) is 22.6. The second kappa shape index (κ2) is 6.78. The molecule has 0 radical (unpaired) electrons. The van der Waals surface area contributed by atoms with Gasteiger partial charge in [0.2, 0.25) is 0 Å². The second-order valence-electron chi connectivity index (χ2n) is 4.81. The Labute approximate surface area is 133 Å². The minimum absolute atomic E-state index is 0.0235. The van der Waals surface area contributed by atoms with Crippen LogP contribution in [-0.2, 0) is 0 Å². The first-order chi connectivity index (χ1) is 10.9. The number of benzene rings is 2. The lowest BCUT2D eigenvalue weighted by Crippen LogP contribution is -2.12. The molecule has 2 rings (SSSR count). The van der Waals surface area contributed by atoms with Crippen LogP contribution in [0, 0.1) is 17.0 Å². The van der Waals surface area contributed by atoms with Crippen LogP contribution in [-0.4, -0.2) is 25.1 Å². The first kappa shape index (κ1) is 16.3. The van der Waals surface area contributed by atoms with Crippen LogP contribution >= 0.6 is 0 Å². The number of hydrogen-bond donors (Lipinski definition) is 1. The van der Waals surface area contributed by atoms with Crippen molar-refractivity contribution in [2.45, 2.75) is 6.92 Å². The zero-order valence-electron chi connectivity index (χ0n) is 13.0. The Morgan fingerprint density at radius 1 is 1.09 bits per heavy atom. The summed E-state index contributed by atoms with van der Waals surface area (Å²) in [5, 5.41) is 13.5. The summed E-state index contributed by atoms with van der Waals surface area (Å²) in [6.45, 7) is 1.59. The van der Waals surface area contributed by atoms with Gasteiger partial charge in [-0.1, -0.05) is 0 Å². The smallest absolute Gasteiger partial charge is 0.272 e. The molecule has 0 fully saturated rings. The van der Waals surface area contributed by atoms with Crippen LogP contribution < -0.4 is 14.8 Å². The summed E-state index contributed by atoms with van der Waals surface area (Å²) < 4.78 is 10.3. The molecule has 0 spiro atoms. The van der Waals surface area contributed by atoms with E-state index in [-0.39, 0.29) is 11.6 Å². The van der Waals surface area contributed by atoms with Crippen LogP contribution in [0.3, 0.4) is 0 Å². The predicted molar refractivity (Wildman–Crippen MR) is 85.3 cm³/mol. The number of hydrogen-bond acceptors (Lipinski definition) is 5. The Bertz CT molecular complexity index is 736. The molecule has 0 bridgehead atoms. The highest BCUT2D eigenvalue weighted by atomic mass is 16.6. The van der Waals surface area contributed by atoms with E-state index in [1.165, 1.54) is 32.4 Å². The van der Waals surface area contributed by atoms with E-state index in [1.807, 2.05) is 0 Å². The molecule has 1 N–H and O–H groups in total. The van der Waals surface area contributed by atoms with Crippen molar-refractivity contribution in [3.8, 4) is 11.5 Å². The van der Waals surface area contributed by atoms with Gasteiger partial charge in [-0.05, 0) is 19.1 Å². The van der Waals surface area contributed by atoms with E-state index in [1.54, 1.807) is 25.1 Å². The monoisotopic (exact) mass is 316 g/mol. The zero-order valence-corrected chi connectivity index (χ0v) is 13.0. The summed E-state index contributed by atoms with van der Waals surface area (Å²) in [7, 11) is 3.03. The number of ether oxygens (including phenoxy) is 2. The molecule has 0 aliphatic heterocycles. The Balaban J connectivity index is 2.25. The molecule has 0 heterocycles. The average Bonchev–Trinajstić information content (AvgIpc) is 2.53. The molecule has 2 aromatic rings. The molecule has 120 valence electrons. The standard InChI is InChI=1S/C16H16N2O5/c1-10-6-11(4-5-15(10)18(20)21)16(19)17-12-7-13(22-2)9-14(8-12)23-3/h4-9H,1-3H3,(H,17,19). The third kappa shape index (κ3) is 3.76. The number of rotatable bonds is 5. The lowest BCUT2D eigenvalue weighted by atomic mass is 10.1. The van der Waals surface area contributed by atoms with Crippen molar-refractivity contribution in [1.82, 2.24) is 0 Å². The van der Waals surface area contributed by atoms with E-state index in [4.69, 9.17) is 9.47 Å². The van der Waals surface area contributed by atoms with Gasteiger partial charge in [0.05, 0.1) is 19.1 Å². The fourth-order valence-corrected chi connectivity index (χ4v) is 2.08. The predicted octanol–water partition coefficient (Wildman–Crippen LogP) is 3.17. The third-order valence-corrected chi connectivity index (χ3v) is 3.26. The number of anilines is 1. The molecular formula is C16H16N2O5. The first-order valence-corrected chi connectivity index (χ1v) is 6.74. The number of nitro benzene ring substituents is 1. The molecule has 2 aromatic carbocycles. The van der Waals surface area contributed by atoms with Gasteiger partial charge in [0, 0.05) is 41.1 Å². The number of aryl methyl sites for hydroxylation is 1. The maximum absolute atomic E-state index is 12.3. The van der Waals surface area contributed by atoms with Crippen molar-refractivity contribution in [2.24, 2.45) is 0 Å². The summed E-state index contributed by atoms with van der Waals surface area (Å²) in [5.41, 5.74) is 1.23. The third-order valence-electron chi connectivity index (χ3n) is 3.26. The van der Waals surface area contributed by atoms with Crippen molar-refractivity contribution < 1.29 is 19.2 Å². The molecule has 0 saturated heterocycles. The summed E-state index contributed by atoms with van der Waals surface area (Å²) in [6, 6.07) is 9.20. The Kier molecular flexibility index (Phi) is 4.80. The van der Waals surface area contributed by atoms with Crippen molar-refractivity contribution in [3.63, 3.8) is 0 Å². The summed E-state index contributed by atoms with van der Waals surface area (Å²) in [6.07, 6.45) is 0. The van der Waals surface area contributed by atoms with Gasteiger partial charge in [-0.3, -0.25) is 14.9 Å². The number of carbonyl (C=O) groups excluding carboxylic acids is 1. The van der Waals surface area contributed by atoms with Gasteiger partial charge in [-0.2, -0.15) is 0 Å². The van der Waals surface area contributed by atoms with Gasteiger partial charge in [-0.25, -0.2) is 0 Å². The van der Waals surface area contributed by atoms with Crippen molar-refractivity contribution in [3.05, 3.63) is 57.6 Å². The lowest BCUT2D eigenvalue weighted by Gasteiger charge is -2.10. The molecule has 0 aliphatic rings. The number of methoxy groups -OCH3 is 2. The van der Waals surface area contributed by atoms with Crippen molar-refractivity contribution >= 4 is 17.3 Å². The molecule has 0 aromatic heterocycles. The Morgan fingerprint density at radius 2 is 1.70 bits per heavy atom. The maximum Gasteiger partial charge on any atom is 0.272 e. The van der Waals surface area contributed by atoms with Crippen LogP contribution in [0.15, 0.2) is 36.4 Å². The summed E-state index contributed by atoms with van der Waals surface area (Å²) in [5.74, 6) is 0.706. The van der Waals surface area contributed by atoms with Gasteiger partial charge >= 0.3 is 0 Å². The molecular weight excluding hydrogens is 300 g/mol. The van der Waals surface area contributed by atoms with E-state index in [0.717, 1.165) is 0 Å². The quantitative estimate of drug-likeness (QED) is 0.676. The normalized spacial score (nSPS) is 10.0. The van der Waals surface area contributed by atoms with E-state index < -0.39 is 4.92 Å². The molecule has 23 heavy (non-hydrogen) atoms. The largest absolute Gasteiger partial charge is 0.497 e. The number of nitrogens with zero attached hydrogens (tertiary/aromatic N) is 1. The number of carbonyl (C=O) groups is 1. The van der Waals surface area contributed by atoms with Crippen molar-refractivity contribution in [1.29, 1.82) is 0 Å². The van der Waals surface area contributed by atoms with Crippen LogP contribution in [0.5, 0.6) is 11.5 Å². The minimum atomic E-state index is -0.482. The second-order valence-corrected chi connectivity index (χ2v) is 4.81. The van der Waals surface area contributed by atoms with Crippen molar-refractivity contribution in [2.75, 3.05) is 19.5 Å². The van der Waals surface area contributed by atoms with E-state index >= 15 is 0 Å². The highest BCUT2D eigenvalue weighted by molar-refractivity contribution is 6.04. The van der Waals surface area contributed by atoms with Crippen LogP contribution in [0.1, 0.15) is 15.9 Å². The van der Waals surface area contributed by atoms with E-state index in [9.17, 15) is 14.9 Å². The van der Waals surface area contributed by atoms with Crippen LogP contribution in [0.2, 0.25) is 0 Å². The number of nitrogens with one attached hydrogen (secondary N) is 1. The van der Waals surface area contributed by atoms with Gasteiger partial charge in [-0.15, -0.1) is 0 Å².